The molecule has 14 heteroatoms. The molecule has 1 aliphatic carbocycles. The topological polar surface area (TPSA) is 212 Å². The molecule has 61 heavy (non-hydrogen) atoms. The SMILES string of the molecule is CC/C=C\C/C=C\C/C=C\C/C=C\C/C=C\CCCCCC(=O)O[C@H](COC(=O)CCCCC(=O)C[C@@H]1[C@@H](/C=C/[C@@H](O)CCCCC)[C@H](O)C[C@@H]1O)COP(=O)(O)OCCN. The van der Waals surface area contributed by atoms with Crippen LogP contribution in [0.15, 0.2) is 72.9 Å². The van der Waals surface area contributed by atoms with Crippen LogP contribution in [0.4, 0.5) is 0 Å². The number of aliphatic hydroxyl groups excluding tert-OH is 3. The number of nitrogens with two attached hydrogens (primary N) is 1. The lowest BCUT2D eigenvalue weighted by atomic mass is 9.87. The molecule has 0 aliphatic heterocycles. The third-order valence-corrected chi connectivity index (χ3v) is 11.0. The number of hydrogen-bond acceptors (Lipinski definition) is 12. The lowest BCUT2D eigenvalue weighted by molar-refractivity contribution is -0.161. The molecular weight excluding hydrogens is 801 g/mol. The summed E-state index contributed by atoms with van der Waals surface area (Å²) in [5, 5.41) is 31.3. The van der Waals surface area contributed by atoms with Gasteiger partial charge in [0.2, 0.25) is 0 Å². The highest BCUT2D eigenvalue weighted by molar-refractivity contribution is 7.47. The number of ketones is 1. The predicted molar refractivity (Wildman–Crippen MR) is 240 cm³/mol. The molecule has 13 nitrogen and oxygen atoms in total. The van der Waals surface area contributed by atoms with E-state index in [-0.39, 0.29) is 51.0 Å². The van der Waals surface area contributed by atoms with Gasteiger partial charge in [-0.25, -0.2) is 4.57 Å². The highest BCUT2D eigenvalue weighted by Gasteiger charge is 2.41. The highest BCUT2D eigenvalue weighted by atomic mass is 31.2. The van der Waals surface area contributed by atoms with Gasteiger partial charge in [-0.05, 0) is 70.6 Å². The number of carbonyl (C=O) groups excluding carboxylic acids is 3. The molecule has 348 valence electrons. The molecule has 7 atom stereocenters. The van der Waals surface area contributed by atoms with Crippen molar-refractivity contribution in [2.45, 2.75) is 167 Å². The van der Waals surface area contributed by atoms with E-state index in [4.69, 9.17) is 24.3 Å². The van der Waals surface area contributed by atoms with Crippen molar-refractivity contribution in [2.75, 3.05) is 26.4 Å². The van der Waals surface area contributed by atoms with E-state index >= 15 is 0 Å². The van der Waals surface area contributed by atoms with Crippen LogP contribution in [-0.2, 0) is 37.5 Å². The summed E-state index contributed by atoms with van der Waals surface area (Å²) in [6, 6.07) is 0. The van der Waals surface area contributed by atoms with Crippen LogP contribution in [-0.4, -0.2) is 88.7 Å². The maximum atomic E-state index is 12.8. The first kappa shape index (κ1) is 56.0. The second kappa shape index (κ2) is 36.5. The number of carbonyl (C=O) groups is 3. The Balaban J connectivity index is 2.43. The van der Waals surface area contributed by atoms with Crippen molar-refractivity contribution < 1.29 is 57.7 Å². The maximum Gasteiger partial charge on any atom is 0.472 e. The number of aliphatic hydroxyl groups is 3. The van der Waals surface area contributed by atoms with Gasteiger partial charge in [-0.2, -0.15) is 0 Å². The zero-order chi connectivity index (χ0) is 45.0. The quantitative estimate of drug-likeness (QED) is 0.0171. The van der Waals surface area contributed by atoms with Gasteiger partial charge < -0.3 is 35.4 Å². The zero-order valence-corrected chi connectivity index (χ0v) is 37.8. The molecule has 1 unspecified atom stereocenters. The van der Waals surface area contributed by atoms with Crippen molar-refractivity contribution in [3.63, 3.8) is 0 Å². The molecule has 1 rings (SSSR count). The van der Waals surface area contributed by atoms with Gasteiger partial charge in [-0.3, -0.25) is 23.4 Å². The average Bonchev–Trinajstić information content (AvgIpc) is 3.49. The molecule has 1 saturated carbocycles. The summed E-state index contributed by atoms with van der Waals surface area (Å²) in [4.78, 5) is 47.9. The molecule has 0 aromatic rings. The Bertz CT molecular complexity index is 1410. The minimum Gasteiger partial charge on any atom is -0.462 e. The van der Waals surface area contributed by atoms with Crippen LogP contribution in [0.1, 0.15) is 142 Å². The first-order valence-corrected chi connectivity index (χ1v) is 24.1. The minimum absolute atomic E-state index is 0.00952. The van der Waals surface area contributed by atoms with Gasteiger partial charge in [0.25, 0.3) is 0 Å². The first-order chi connectivity index (χ1) is 29.4. The van der Waals surface area contributed by atoms with Crippen molar-refractivity contribution in [3.05, 3.63) is 72.9 Å². The molecular formula is C47H78NO12P. The van der Waals surface area contributed by atoms with Gasteiger partial charge in [0, 0.05) is 50.5 Å². The van der Waals surface area contributed by atoms with Crippen LogP contribution >= 0.6 is 7.82 Å². The number of esters is 2. The molecule has 0 saturated heterocycles. The molecule has 0 aromatic heterocycles. The Morgan fingerprint density at radius 1 is 0.738 bits per heavy atom. The molecule has 0 spiro atoms. The standard InChI is InChI=1S/C47H78NO12P/c1-3-5-7-8-9-10-11-12-13-14-15-16-17-18-19-20-21-22-24-30-47(54)60-41(38-59-61(55,56)58-34-33-48)37-57-46(53)29-26-25-28-40(50)35-43-42(44(51)36-45(43)52)32-31-39(49)27-23-6-4-2/h5,7,9-10,12-13,15-16,18-19,31-32,39,41-45,49,51-52H,3-4,6,8,11,14,17,20-30,33-38,48H2,1-2H3,(H,55,56)/b7-5-,10-9-,13-12-,16-15-,19-18-,32-31+/t39-,41+,42+,43+,44+,45-/m0/s1. The third-order valence-electron chi connectivity index (χ3n) is 10.1. The van der Waals surface area contributed by atoms with Crippen molar-refractivity contribution in [3.8, 4) is 0 Å². The number of rotatable bonds is 37. The van der Waals surface area contributed by atoms with E-state index in [1.165, 1.54) is 0 Å². The molecule has 1 fully saturated rings. The van der Waals surface area contributed by atoms with E-state index in [1.54, 1.807) is 12.2 Å². The number of phosphoric ester groups is 1. The summed E-state index contributed by atoms with van der Waals surface area (Å²) in [6.45, 7) is 3.02. The first-order valence-electron chi connectivity index (χ1n) is 22.6. The fourth-order valence-corrected chi connectivity index (χ4v) is 7.42. The second-order valence-electron chi connectivity index (χ2n) is 15.5. The Hall–Kier alpha value is -3.00. The lowest BCUT2D eigenvalue weighted by Gasteiger charge is -2.20. The smallest absolute Gasteiger partial charge is 0.462 e. The van der Waals surface area contributed by atoms with Gasteiger partial charge >= 0.3 is 19.8 Å². The third kappa shape index (κ3) is 30.7. The fourth-order valence-electron chi connectivity index (χ4n) is 6.66. The summed E-state index contributed by atoms with van der Waals surface area (Å²) < 4.78 is 32.7. The Labute approximate surface area is 365 Å². The highest BCUT2D eigenvalue weighted by Crippen LogP contribution is 2.43. The largest absolute Gasteiger partial charge is 0.472 e. The molecule has 1 aliphatic rings. The van der Waals surface area contributed by atoms with Crippen LogP contribution in [0, 0.1) is 11.8 Å². The second-order valence-corrected chi connectivity index (χ2v) is 17.0. The number of Topliss-reactive ketones (excluding diaryl/α,β-unsaturated/α-hetero) is 1. The van der Waals surface area contributed by atoms with Gasteiger partial charge in [0.1, 0.15) is 12.4 Å². The van der Waals surface area contributed by atoms with E-state index in [0.29, 0.717) is 25.7 Å². The molecule has 6 N–H and O–H groups in total. The number of phosphoric acid groups is 1. The summed E-state index contributed by atoms with van der Waals surface area (Å²) >= 11 is 0. The van der Waals surface area contributed by atoms with Crippen molar-refractivity contribution >= 4 is 25.5 Å². The van der Waals surface area contributed by atoms with E-state index in [1.807, 2.05) is 0 Å². The van der Waals surface area contributed by atoms with Crippen LogP contribution in [0.5, 0.6) is 0 Å². The molecule has 0 radical (unpaired) electrons. The summed E-state index contributed by atoms with van der Waals surface area (Å²) in [7, 11) is -4.48. The van der Waals surface area contributed by atoms with Gasteiger partial charge in [-0.1, -0.05) is 112 Å². The maximum absolute atomic E-state index is 12.8. The van der Waals surface area contributed by atoms with Crippen LogP contribution in [0.2, 0.25) is 0 Å². The van der Waals surface area contributed by atoms with Gasteiger partial charge in [0.15, 0.2) is 6.10 Å². The summed E-state index contributed by atoms with van der Waals surface area (Å²) in [6.07, 6.45) is 34.2. The van der Waals surface area contributed by atoms with Crippen LogP contribution in [0.25, 0.3) is 0 Å². The number of allylic oxidation sites excluding steroid dienone is 10. The van der Waals surface area contributed by atoms with E-state index in [2.05, 4.69) is 74.6 Å². The summed E-state index contributed by atoms with van der Waals surface area (Å²) in [5.74, 6) is -2.16. The van der Waals surface area contributed by atoms with Gasteiger partial charge in [-0.15, -0.1) is 0 Å². The van der Waals surface area contributed by atoms with E-state index in [9.17, 15) is 39.2 Å². The molecule has 0 aromatic carbocycles. The molecule has 0 bridgehead atoms. The Kier molecular flexibility index (Phi) is 33.5. The molecule has 0 amide bonds. The van der Waals surface area contributed by atoms with Crippen molar-refractivity contribution in [1.29, 1.82) is 0 Å². The lowest BCUT2D eigenvalue weighted by Crippen LogP contribution is -2.29. The Morgan fingerprint density at radius 3 is 1.98 bits per heavy atom. The van der Waals surface area contributed by atoms with Crippen molar-refractivity contribution in [1.82, 2.24) is 0 Å². The van der Waals surface area contributed by atoms with E-state index < -0.39 is 69.2 Å². The minimum atomic E-state index is -4.48. The fraction of sp³-hybridized carbons (Fsp3) is 0.681. The normalized spacial score (nSPS) is 20.5. The van der Waals surface area contributed by atoms with Crippen LogP contribution < -0.4 is 5.73 Å². The monoisotopic (exact) mass is 880 g/mol. The van der Waals surface area contributed by atoms with E-state index in [0.717, 1.165) is 70.6 Å². The Morgan fingerprint density at radius 2 is 1.34 bits per heavy atom. The number of hydrogen-bond donors (Lipinski definition) is 5. The van der Waals surface area contributed by atoms with Crippen molar-refractivity contribution in [2.24, 2.45) is 17.6 Å². The number of unbranched alkanes of at least 4 members (excludes halogenated alkanes) is 6. The van der Waals surface area contributed by atoms with Gasteiger partial charge in [0.05, 0.1) is 31.5 Å². The predicted octanol–water partition coefficient (Wildman–Crippen LogP) is 8.61. The molecule has 0 heterocycles. The number of ether oxygens (including phenoxy) is 2. The van der Waals surface area contributed by atoms with Crippen LogP contribution in [0.3, 0.4) is 0 Å². The average molecular weight is 880 g/mol. The summed E-state index contributed by atoms with van der Waals surface area (Å²) in [5.41, 5.74) is 5.34. The zero-order valence-electron chi connectivity index (χ0n) is 36.9.